The largest absolute Gasteiger partial charge is 0.378 e. The molecule has 0 radical (unpaired) electrons. The minimum Gasteiger partial charge on any atom is -0.378 e. The lowest BCUT2D eigenvalue weighted by Crippen LogP contribution is -2.40. The van der Waals surface area contributed by atoms with Crippen LogP contribution in [-0.2, 0) is 4.74 Å². The second-order valence-corrected chi connectivity index (χ2v) is 5.61. The van der Waals surface area contributed by atoms with E-state index < -0.39 is 18.3 Å². The maximum Gasteiger partial charge on any atom is 0.301 e. The Balaban J connectivity index is 2.03. The van der Waals surface area contributed by atoms with Crippen LogP contribution >= 0.6 is 11.8 Å². The van der Waals surface area contributed by atoms with Crippen molar-refractivity contribution in [1.29, 1.82) is 0 Å². The zero-order valence-electron chi connectivity index (χ0n) is 11.7. The second kappa shape index (κ2) is 8.19. The number of halogens is 3. The number of nitrogens with zero attached hydrogens (tertiary/aromatic N) is 2. The first-order valence-corrected chi connectivity index (χ1v) is 7.72. The molecule has 0 aliphatic carbocycles. The number of morpholine rings is 1. The minimum atomic E-state index is -2.30. The lowest BCUT2D eigenvalue weighted by molar-refractivity contribution is 0.0300. The van der Waals surface area contributed by atoms with Crippen molar-refractivity contribution >= 4 is 17.7 Å². The van der Waals surface area contributed by atoms with Crippen molar-refractivity contribution in [3.63, 3.8) is 0 Å². The van der Waals surface area contributed by atoms with Crippen molar-refractivity contribution in [2.45, 2.75) is 11.4 Å². The fourth-order valence-corrected chi connectivity index (χ4v) is 2.86. The van der Waals surface area contributed by atoms with Crippen LogP contribution in [0.2, 0.25) is 0 Å². The van der Waals surface area contributed by atoms with Crippen molar-refractivity contribution in [3.8, 4) is 0 Å². The molecule has 2 heterocycles. The first-order chi connectivity index (χ1) is 10.6. The number of aromatic nitrogens is 1. The monoisotopic (exact) mass is 332 g/mol. The average molecular weight is 332 g/mol. The molecule has 0 bridgehead atoms. The van der Waals surface area contributed by atoms with Crippen molar-refractivity contribution in [1.82, 2.24) is 9.88 Å². The van der Waals surface area contributed by atoms with Crippen molar-refractivity contribution in [2.75, 3.05) is 32.1 Å². The van der Waals surface area contributed by atoms with Crippen molar-refractivity contribution < 1.29 is 22.7 Å². The van der Waals surface area contributed by atoms with Crippen LogP contribution in [0.4, 0.5) is 13.2 Å². The molecule has 22 heavy (non-hydrogen) atoms. The zero-order valence-corrected chi connectivity index (χ0v) is 12.5. The molecule has 1 fully saturated rings. The summed E-state index contributed by atoms with van der Waals surface area (Å²) in [5, 5.41) is 0.422. The molecular formula is C14H15F3N2O2S. The number of allylic oxidation sites excluding steroid dienone is 1. The molecule has 0 saturated carbocycles. The van der Waals surface area contributed by atoms with E-state index in [4.69, 9.17) is 4.74 Å². The Bertz CT molecular complexity index is 559. The molecule has 4 nitrogen and oxygen atoms in total. The van der Waals surface area contributed by atoms with Crippen LogP contribution in [0.1, 0.15) is 16.8 Å². The second-order valence-electron chi connectivity index (χ2n) is 4.52. The van der Waals surface area contributed by atoms with E-state index >= 15 is 0 Å². The smallest absolute Gasteiger partial charge is 0.301 e. The van der Waals surface area contributed by atoms with E-state index in [0.29, 0.717) is 36.9 Å². The lowest BCUT2D eigenvalue weighted by Gasteiger charge is -2.27. The van der Waals surface area contributed by atoms with E-state index in [1.54, 1.807) is 17.0 Å². The average Bonchev–Trinajstić information content (AvgIpc) is 2.55. The summed E-state index contributed by atoms with van der Waals surface area (Å²) in [6, 6.07) is 3.27. The Morgan fingerprint density at radius 1 is 1.32 bits per heavy atom. The molecule has 0 unspecified atom stereocenters. The number of hydrogen-bond donors (Lipinski definition) is 0. The van der Waals surface area contributed by atoms with Gasteiger partial charge in [0.1, 0.15) is 5.03 Å². The first-order valence-electron chi connectivity index (χ1n) is 6.74. The third-order valence-electron chi connectivity index (χ3n) is 3.07. The summed E-state index contributed by atoms with van der Waals surface area (Å²) in [6.07, 6.45) is -1.18. The van der Waals surface area contributed by atoms with Gasteiger partial charge in [-0.2, -0.15) is 8.78 Å². The van der Waals surface area contributed by atoms with Gasteiger partial charge in [0.25, 0.3) is 5.91 Å². The molecule has 1 amide bonds. The van der Waals surface area contributed by atoms with Crippen LogP contribution in [0.25, 0.3) is 0 Å². The maximum absolute atomic E-state index is 12.8. The van der Waals surface area contributed by atoms with Gasteiger partial charge in [-0.25, -0.2) is 9.37 Å². The minimum absolute atomic E-state index is 0.0869. The summed E-state index contributed by atoms with van der Waals surface area (Å²) >= 11 is 1.09. The van der Waals surface area contributed by atoms with Crippen molar-refractivity contribution in [2.24, 2.45) is 0 Å². The molecule has 1 aromatic heterocycles. The van der Waals surface area contributed by atoms with Gasteiger partial charge in [-0.15, -0.1) is 11.8 Å². The number of carbonyl (C=O) groups is 1. The van der Waals surface area contributed by atoms with E-state index in [9.17, 15) is 18.0 Å². The highest BCUT2D eigenvalue weighted by atomic mass is 32.2. The quantitative estimate of drug-likeness (QED) is 0.777. The first kappa shape index (κ1) is 16.8. The predicted molar refractivity (Wildman–Crippen MR) is 76.7 cm³/mol. The van der Waals surface area contributed by atoms with Crippen molar-refractivity contribution in [3.05, 3.63) is 35.8 Å². The summed E-state index contributed by atoms with van der Waals surface area (Å²) in [5.41, 5.74) is 0.402. The van der Waals surface area contributed by atoms with Gasteiger partial charge in [-0.3, -0.25) is 4.79 Å². The molecule has 0 N–H and O–H groups in total. The van der Waals surface area contributed by atoms with Gasteiger partial charge >= 0.3 is 6.08 Å². The molecule has 0 aromatic carbocycles. The van der Waals surface area contributed by atoms with Crippen LogP contribution in [0.5, 0.6) is 0 Å². The van der Waals surface area contributed by atoms with E-state index in [1.807, 2.05) is 0 Å². The molecule has 1 saturated heterocycles. The van der Waals surface area contributed by atoms with Gasteiger partial charge in [0.15, 0.2) is 5.83 Å². The van der Waals surface area contributed by atoms with Gasteiger partial charge in [-0.1, -0.05) is 0 Å². The standard InChI is InChI=1S/C14H15F3N2O2S/c15-11(12(16)17)3-9-22-13-10(2-1-4-18-13)14(20)19-5-7-21-8-6-19/h1-2,4H,3,5-9H2. The Morgan fingerprint density at radius 3 is 2.73 bits per heavy atom. The Labute approximate surface area is 130 Å². The highest BCUT2D eigenvalue weighted by Crippen LogP contribution is 2.25. The molecule has 2 rings (SSSR count). The number of rotatable bonds is 5. The highest BCUT2D eigenvalue weighted by Gasteiger charge is 2.21. The summed E-state index contributed by atoms with van der Waals surface area (Å²) < 4.78 is 42.0. The van der Waals surface area contributed by atoms with E-state index in [0.717, 1.165) is 11.8 Å². The number of carbonyl (C=O) groups excluding carboxylic acids is 1. The summed E-state index contributed by atoms with van der Waals surface area (Å²) in [5.74, 6) is -1.51. The third kappa shape index (κ3) is 4.48. The summed E-state index contributed by atoms with van der Waals surface area (Å²) in [7, 11) is 0. The number of ether oxygens (including phenoxy) is 1. The fraction of sp³-hybridized carbons (Fsp3) is 0.429. The van der Waals surface area contributed by atoms with E-state index in [2.05, 4.69) is 4.98 Å². The molecule has 120 valence electrons. The van der Waals surface area contributed by atoms with Crippen LogP contribution in [0.3, 0.4) is 0 Å². The molecule has 1 aliphatic heterocycles. The normalized spacial score (nSPS) is 14.8. The number of pyridine rings is 1. The molecule has 0 spiro atoms. The summed E-state index contributed by atoms with van der Waals surface area (Å²) in [6.45, 7) is 1.98. The number of hydrogen-bond acceptors (Lipinski definition) is 4. The molecule has 1 aromatic rings. The Morgan fingerprint density at radius 2 is 2.05 bits per heavy atom. The summed E-state index contributed by atoms with van der Waals surface area (Å²) in [4.78, 5) is 18.2. The third-order valence-corrected chi connectivity index (χ3v) is 4.07. The van der Waals surface area contributed by atoms with E-state index in [-0.39, 0.29) is 11.7 Å². The van der Waals surface area contributed by atoms with Gasteiger partial charge in [0.2, 0.25) is 0 Å². The van der Waals surface area contributed by atoms with E-state index in [1.165, 1.54) is 6.20 Å². The van der Waals surface area contributed by atoms with Crippen LogP contribution in [0.15, 0.2) is 35.3 Å². The number of thioether (sulfide) groups is 1. The fourth-order valence-electron chi connectivity index (χ4n) is 1.94. The topological polar surface area (TPSA) is 42.4 Å². The molecule has 1 aliphatic rings. The SMILES string of the molecule is O=C(c1cccnc1SCCC(F)=C(F)F)N1CCOCC1. The number of amides is 1. The maximum atomic E-state index is 12.8. The molecule has 0 atom stereocenters. The zero-order chi connectivity index (χ0) is 15.9. The lowest BCUT2D eigenvalue weighted by atomic mass is 10.2. The van der Waals surface area contributed by atoms with Crippen LogP contribution in [0, 0.1) is 0 Å². The Hall–Kier alpha value is -1.54. The van der Waals surface area contributed by atoms with Gasteiger partial charge in [-0.05, 0) is 12.1 Å². The molecular weight excluding hydrogens is 317 g/mol. The van der Waals surface area contributed by atoms with Crippen LogP contribution in [-0.4, -0.2) is 47.8 Å². The highest BCUT2D eigenvalue weighted by molar-refractivity contribution is 7.99. The Kier molecular flexibility index (Phi) is 6.26. The van der Waals surface area contributed by atoms with Crippen LogP contribution < -0.4 is 0 Å². The molecule has 8 heteroatoms. The predicted octanol–water partition coefficient (Wildman–Crippen LogP) is 3.11. The van der Waals surface area contributed by atoms with Gasteiger partial charge < -0.3 is 9.64 Å². The van der Waals surface area contributed by atoms with Gasteiger partial charge in [0, 0.05) is 31.5 Å². The van der Waals surface area contributed by atoms with Gasteiger partial charge in [0.05, 0.1) is 18.8 Å².